The number of benzene rings is 2. The fourth-order valence-electron chi connectivity index (χ4n) is 3.40. The van der Waals surface area contributed by atoms with E-state index in [2.05, 4.69) is 12.1 Å². The molecule has 1 heterocycles. The van der Waals surface area contributed by atoms with Crippen LogP contribution in [0.25, 0.3) is 0 Å². The van der Waals surface area contributed by atoms with Gasteiger partial charge in [-0.3, -0.25) is 4.90 Å². The van der Waals surface area contributed by atoms with Gasteiger partial charge in [-0.25, -0.2) is 9.59 Å². The number of amides is 1. The number of likely N-dealkylation sites (tertiary alicyclic amines) is 1. The molecule has 1 amide bonds. The van der Waals surface area contributed by atoms with Gasteiger partial charge in [0.25, 0.3) is 0 Å². The van der Waals surface area contributed by atoms with Crippen LogP contribution in [0.2, 0.25) is 0 Å². The summed E-state index contributed by atoms with van der Waals surface area (Å²) in [6, 6.07) is 16.8. The van der Waals surface area contributed by atoms with Crippen molar-refractivity contribution in [2.45, 2.75) is 51.4 Å². The first-order chi connectivity index (χ1) is 13.7. The van der Waals surface area contributed by atoms with Crippen LogP contribution >= 0.6 is 0 Å². The zero-order valence-electron chi connectivity index (χ0n) is 17.0. The minimum atomic E-state index is -1.06. The number of para-hydroxylation sites is 1. The van der Waals surface area contributed by atoms with E-state index in [4.69, 9.17) is 9.47 Å². The molecule has 6 heteroatoms. The maximum atomic E-state index is 12.5. The van der Waals surface area contributed by atoms with Crippen molar-refractivity contribution in [1.29, 1.82) is 0 Å². The molecule has 3 rings (SSSR count). The molecule has 0 radical (unpaired) electrons. The molecular weight excluding hydrogens is 370 g/mol. The van der Waals surface area contributed by atoms with Gasteiger partial charge in [0.1, 0.15) is 23.5 Å². The van der Waals surface area contributed by atoms with E-state index in [1.165, 1.54) is 4.90 Å². The molecule has 29 heavy (non-hydrogen) atoms. The number of carbonyl (C=O) groups is 2. The lowest BCUT2D eigenvalue weighted by Gasteiger charge is -2.26. The molecular formula is C23H27NO5. The van der Waals surface area contributed by atoms with Crippen LogP contribution < -0.4 is 4.74 Å². The van der Waals surface area contributed by atoms with Crippen LogP contribution in [-0.4, -0.2) is 46.4 Å². The average Bonchev–Trinajstić information content (AvgIpc) is 3.07. The van der Waals surface area contributed by atoms with Gasteiger partial charge >= 0.3 is 12.1 Å². The van der Waals surface area contributed by atoms with Crippen molar-refractivity contribution in [3.8, 4) is 5.75 Å². The second-order valence-electron chi connectivity index (χ2n) is 8.23. The topological polar surface area (TPSA) is 76.1 Å². The van der Waals surface area contributed by atoms with Gasteiger partial charge in [-0.05, 0) is 38.0 Å². The maximum Gasteiger partial charge on any atom is 0.411 e. The highest BCUT2D eigenvalue weighted by Gasteiger charge is 2.42. The Kier molecular flexibility index (Phi) is 6.11. The minimum absolute atomic E-state index is 0.172. The molecule has 0 saturated carbocycles. The third kappa shape index (κ3) is 5.50. The average molecular weight is 397 g/mol. The zero-order chi connectivity index (χ0) is 21.0. The van der Waals surface area contributed by atoms with Crippen LogP contribution in [0.3, 0.4) is 0 Å². The van der Waals surface area contributed by atoms with Crippen molar-refractivity contribution in [2.24, 2.45) is 0 Å². The predicted molar refractivity (Wildman–Crippen MR) is 109 cm³/mol. The highest BCUT2D eigenvalue weighted by Crippen LogP contribution is 2.28. The maximum absolute atomic E-state index is 12.5. The highest BCUT2D eigenvalue weighted by molar-refractivity contribution is 5.81. The molecule has 0 aliphatic carbocycles. The number of ether oxygens (including phenoxy) is 2. The van der Waals surface area contributed by atoms with Gasteiger partial charge in [-0.1, -0.05) is 48.5 Å². The van der Waals surface area contributed by atoms with Crippen LogP contribution in [0.15, 0.2) is 54.6 Å². The minimum Gasteiger partial charge on any atom is -0.488 e. The number of carboxylic acids is 1. The number of hydrogen-bond acceptors (Lipinski definition) is 4. The number of hydrogen-bond donors (Lipinski definition) is 1. The summed E-state index contributed by atoms with van der Waals surface area (Å²) in [5.74, 6) is -0.351. The third-order valence-electron chi connectivity index (χ3n) is 4.68. The van der Waals surface area contributed by atoms with Crippen LogP contribution in [0.1, 0.15) is 38.3 Å². The molecule has 2 aromatic carbocycles. The second kappa shape index (κ2) is 8.55. The summed E-state index contributed by atoms with van der Waals surface area (Å²) in [5, 5.41) is 9.56. The Bertz CT molecular complexity index is 859. The van der Waals surface area contributed by atoms with Crippen molar-refractivity contribution in [3.63, 3.8) is 0 Å². The first kappa shape index (κ1) is 20.7. The van der Waals surface area contributed by atoms with Crippen LogP contribution in [0.4, 0.5) is 4.79 Å². The first-order valence-electron chi connectivity index (χ1n) is 9.74. The Labute approximate surface area is 171 Å². The van der Waals surface area contributed by atoms with Crippen molar-refractivity contribution >= 4 is 12.1 Å². The molecule has 0 aromatic heterocycles. The van der Waals surface area contributed by atoms with Gasteiger partial charge in [0.2, 0.25) is 0 Å². The smallest absolute Gasteiger partial charge is 0.411 e. The highest BCUT2D eigenvalue weighted by atomic mass is 16.6. The monoisotopic (exact) mass is 397 g/mol. The van der Waals surface area contributed by atoms with Gasteiger partial charge in [-0.15, -0.1) is 0 Å². The summed E-state index contributed by atoms with van der Waals surface area (Å²) >= 11 is 0. The largest absolute Gasteiger partial charge is 0.488 e. The van der Waals surface area contributed by atoms with Gasteiger partial charge in [-0.2, -0.15) is 0 Å². The number of carboxylic acid groups (broad SMARTS) is 1. The van der Waals surface area contributed by atoms with Crippen molar-refractivity contribution in [3.05, 3.63) is 65.7 Å². The van der Waals surface area contributed by atoms with E-state index in [-0.39, 0.29) is 13.0 Å². The summed E-state index contributed by atoms with van der Waals surface area (Å²) in [7, 11) is 0. The molecule has 0 bridgehead atoms. The summed E-state index contributed by atoms with van der Waals surface area (Å²) in [4.78, 5) is 25.4. The van der Waals surface area contributed by atoms with E-state index in [0.717, 1.165) is 11.1 Å². The fourth-order valence-corrected chi connectivity index (χ4v) is 3.40. The quantitative estimate of drug-likeness (QED) is 0.821. The van der Waals surface area contributed by atoms with Crippen molar-refractivity contribution in [2.75, 3.05) is 6.54 Å². The third-order valence-corrected chi connectivity index (χ3v) is 4.68. The number of carbonyl (C=O) groups excluding carboxylic acids is 1. The SMILES string of the molecule is CC(C)(C)OC(=O)N1CC(Oc2ccccc2Cc2ccccc2)CC1C(=O)O. The molecule has 1 N–H and O–H groups in total. The molecule has 6 nitrogen and oxygen atoms in total. The van der Waals surface area contributed by atoms with E-state index in [1.54, 1.807) is 20.8 Å². The Morgan fingerprint density at radius 3 is 2.38 bits per heavy atom. The fraction of sp³-hybridized carbons (Fsp3) is 0.391. The first-order valence-corrected chi connectivity index (χ1v) is 9.74. The van der Waals surface area contributed by atoms with E-state index < -0.39 is 29.8 Å². The molecule has 2 unspecified atom stereocenters. The lowest BCUT2D eigenvalue weighted by atomic mass is 10.0. The molecule has 154 valence electrons. The van der Waals surface area contributed by atoms with Gasteiger partial charge < -0.3 is 14.6 Å². The lowest BCUT2D eigenvalue weighted by molar-refractivity contribution is -0.142. The van der Waals surface area contributed by atoms with Crippen LogP contribution in [0.5, 0.6) is 5.75 Å². The molecule has 1 aliphatic heterocycles. The Hall–Kier alpha value is -3.02. The van der Waals surface area contributed by atoms with E-state index in [0.29, 0.717) is 12.2 Å². The lowest BCUT2D eigenvalue weighted by Crippen LogP contribution is -2.43. The molecule has 2 atom stereocenters. The summed E-state index contributed by atoms with van der Waals surface area (Å²) in [6.45, 7) is 5.44. The molecule has 1 fully saturated rings. The van der Waals surface area contributed by atoms with Crippen molar-refractivity contribution < 1.29 is 24.2 Å². The normalized spacial score (nSPS) is 19.1. The van der Waals surface area contributed by atoms with E-state index in [1.807, 2.05) is 42.5 Å². The van der Waals surface area contributed by atoms with Gasteiger partial charge in [0, 0.05) is 12.8 Å². The number of rotatable bonds is 5. The summed E-state index contributed by atoms with van der Waals surface area (Å²) in [5.41, 5.74) is 1.48. The van der Waals surface area contributed by atoms with Crippen LogP contribution in [-0.2, 0) is 16.0 Å². The Balaban J connectivity index is 1.74. The van der Waals surface area contributed by atoms with E-state index in [9.17, 15) is 14.7 Å². The number of aliphatic carboxylic acids is 1. The van der Waals surface area contributed by atoms with Crippen molar-refractivity contribution in [1.82, 2.24) is 4.90 Å². The summed E-state index contributed by atoms with van der Waals surface area (Å²) in [6.07, 6.45) is -0.120. The standard InChI is InChI=1S/C23H27NO5/c1-23(2,3)29-22(27)24-15-18(14-19(24)21(25)26)28-20-12-8-7-11-17(20)13-16-9-5-4-6-10-16/h4-12,18-19H,13-15H2,1-3H3,(H,25,26). The van der Waals surface area contributed by atoms with Crippen LogP contribution in [0, 0.1) is 0 Å². The van der Waals surface area contributed by atoms with Gasteiger partial charge in [0.15, 0.2) is 0 Å². The van der Waals surface area contributed by atoms with Gasteiger partial charge in [0.05, 0.1) is 6.54 Å². The Morgan fingerprint density at radius 2 is 1.72 bits per heavy atom. The van der Waals surface area contributed by atoms with E-state index >= 15 is 0 Å². The molecule has 0 spiro atoms. The zero-order valence-corrected chi connectivity index (χ0v) is 17.0. The molecule has 1 aliphatic rings. The second-order valence-corrected chi connectivity index (χ2v) is 8.23. The molecule has 2 aromatic rings. The Morgan fingerprint density at radius 1 is 1.07 bits per heavy atom. The number of nitrogens with zero attached hydrogens (tertiary/aromatic N) is 1. The predicted octanol–water partition coefficient (Wildman–Crippen LogP) is 4.12. The summed E-state index contributed by atoms with van der Waals surface area (Å²) < 4.78 is 11.5. The molecule has 1 saturated heterocycles.